The number of aryl methyl sites for hydroxylation is 1. The van der Waals surface area contributed by atoms with Crippen molar-refractivity contribution >= 4 is 16.8 Å². The Morgan fingerprint density at radius 3 is 2.40 bits per heavy atom. The smallest absolute Gasteiger partial charge is 0.261 e. The second-order valence-corrected chi connectivity index (χ2v) is 7.68. The van der Waals surface area contributed by atoms with E-state index in [0.717, 1.165) is 18.4 Å². The molecule has 0 aliphatic rings. The van der Waals surface area contributed by atoms with E-state index in [1.165, 1.54) is 0 Å². The van der Waals surface area contributed by atoms with Crippen molar-refractivity contribution in [2.24, 2.45) is 0 Å². The predicted molar refractivity (Wildman–Crippen MR) is 122 cm³/mol. The summed E-state index contributed by atoms with van der Waals surface area (Å²) in [5, 5.41) is 0.614. The molecule has 0 aliphatic carbocycles. The molecule has 0 saturated carbocycles. The molecule has 0 spiro atoms. The molecule has 1 heterocycles. The van der Waals surface area contributed by atoms with Crippen LogP contribution in [0, 0.1) is 6.92 Å². The molecule has 0 bridgehead atoms. The molecule has 1 amide bonds. The minimum absolute atomic E-state index is 0.0136. The molecule has 30 heavy (non-hydrogen) atoms. The third-order valence-electron chi connectivity index (χ3n) is 5.58. The second kappa shape index (κ2) is 9.70. The fraction of sp³-hybridized carbons (Fsp3) is 0.400. The summed E-state index contributed by atoms with van der Waals surface area (Å²) in [6.45, 7) is 9.28. The SMILES string of the molecule is CCCCN(C(=O)c1ccc(C)cc1)C(CC)c1nc2ccccc2c(=O)n1CC. The molecule has 3 aromatic rings. The van der Waals surface area contributed by atoms with Gasteiger partial charge in [0.2, 0.25) is 0 Å². The Morgan fingerprint density at radius 1 is 1.07 bits per heavy atom. The first kappa shape index (κ1) is 21.8. The van der Waals surface area contributed by atoms with Crippen molar-refractivity contribution in [2.45, 2.75) is 59.5 Å². The lowest BCUT2D eigenvalue weighted by Crippen LogP contribution is -2.39. The summed E-state index contributed by atoms with van der Waals surface area (Å²) in [4.78, 5) is 33.4. The highest BCUT2D eigenvalue weighted by molar-refractivity contribution is 5.94. The molecular formula is C25H31N3O2. The van der Waals surface area contributed by atoms with Crippen molar-refractivity contribution < 1.29 is 4.79 Å². The first-order valence-corrected chi connectivity index (χ1v) is 10.9. The fourth-order valence-corrected chi connectivity index (χ4v) is 3.88. The quantitative estimate of drug-likeness (QED) is 0.523. The topological polar surface area (TPSA) is 55.2 Å². The minimum Gasteiger partial charge on any atom is -0.328 e. The van der Waals surface area contributed by atoms with E-state index in [9.17, 15) is 9.59 Å². The third-order valence-corrected chi connectivity index (χ3v) is 5.58. The van der Waals surface area contributed by atoms with Crippen LogP contribution in [-0.2, 0) is 6.54 Å². The molecule has 5 nitrogen and oxygen atoms in total. The van der Waals surface area contributed by atoms with E-state index in [2.05, 4.69) is 6.92 Å². The first-order valence-electron chi connectivity index (χ1n) is 10.9. The maximum Gasteiger partial charge on any atom is 0.261 e. The maximum absolute atomic E-state index is 13.5. The standard InChI is InChI=1S/C25H31N3O2/c1-5-8-17-28(24(29)19-15-13-18(4)14-16-19)22(6-2)23-26-21-12-10-9-11-20(21)25(30)27(23)7-3/h9-16,22H,5-8,17H2,1-4H3. The van der Waals surface area contributed by atoms with Crippen LogP contribution in [0.2, 0.25) is 0 Å². The number of amides is 1. The van der Waals surface area contributed by atoms with Crippen LogP contribution in [0.4, 0.5) is 0 Å². The Bertz CT molecular complexity index is 1070. The number of benzene rings is 2. The predicted octanol–water partition coefficient (Wildman–Crippen LogP) is 5.12. The molecular weight excluding hydrogens is 374 g/mol. The lowest BCUT2D eigenvalue weighted by Gasteiger charge is -2.32. The van der Waals surface area contributed by atoms with Gasteiger partial charge in [0.05, 0.1) is 16.9 Å². The Balaban J connectivity index is 2.13. The van der Waals surface area contributed by atoms with Gasteiger partial charge in [-0.05, 0) is 51.0 Å². The van der Waals surface area contributed by atoms with Crippen molar-refractivity contribution in [1.29, 1.82) is 0 Å². The molecule has 0 N–H and O–H groups in total. The summed E-state index contributed by atoms with van der Waals surface area (Å²) >= 11 is 0. The summed E-state index contributed by atoms with van der Waals surface area (Å²) < 4.78 is 1.72. The van der Waals surface area contributed by atoms with Gasteiger partial charge in [-0.2, -0.15) is 0 Å². The van der Waals surface area contributed by atoms with Gasteiger partial charge in [0, 0.05) is 18.7 Å². The van der Waals surface area contributed by atoms with Gasteiger partial charge in [0.15, 0.2) is 0 Å². The largest absolute Gasteiger partial charge is 0.328 e. The monoisotopic (exact) mass is 405 g/mol. The van der Waals surface area contributed by atoms with Crippen molar-refractivity contribution in [2.75, 3.05) is 6.54 Å². The van der Waals surface area contributed by atoms with Crippen molar-refractivity contribution in [1.82, 2.24) is 14.5 Å². The molecule has 0 aliphatic heterocycles. The van der Waals surface area contributed by atoms with Gasteiger partial charge < -0.3 is 4.90 Å². The van der Waals surface area contributed by atoms with Gasteiger partial charge in [-0.1, -0.05) is 50.1 Å². The van der Waals surface area contributed by atoms with Crippen LogP contribution >= 0.6 is 0 Å². The molecule has 2 aromatic carbocycles. The van der Waals surface area contributed by atoms with Gasteiger partial charge in [0.1, 0.15) is 5.82 Å². The average Bonchev–Trinajstić information content (AvgIpc) is 2.77. The van der Waals surface area contributed by atoms with Gasteiger partial charge in [-0.15, -0.1) is 0 Å². The zero-order chi connectivity index (χ0) is 21.7. The first-order chi connectivity index (χ1) is 14.5. The lowest BCUT2D eigenvalue weighted by molar-refractivity contribution is 0.0653. The Labute approximate surface area is 178 Å². The average molecular weight is 406 g/mol. The van der Waals surface area contributed by atoms with Gasteiger partial charge in [-0.3, -0.25) is 14.2 Å². The highest BCUT2D eigenvalue weighted by Gasteiger charge is 2.28. The molecule has 3 rings (SSSR count). The van der Waals surface area contributed by atoms with E-state index in [4.69, 9.17) is 4.98 Å². The molecule has 158 valence electrons. The summed E-state index contributed by atoms with van der Waals surface area (Å²) in [6, 6.07) is 14.8. The summed E-state index contributed by atoms with van der Waals surface area (Å²) in [5.41, 5.74) is 2.42. The molecule has 0 saturated heterocycles. The van der Waals surface area contributed by atoms with Crippen LogP contribution in [-0.4, -0.2) is 26.9 Å². The molecule has 1 atom stereocenters. The summed E-state index contributed by atoms with van der Waals surface area (Å²) in [7, 11) is 0. The Kier molecular flexibility index (Phi) is 7.03. The van der Waals surface area contributed by atoms with Crippen LogP contribution in [0.1, 0.15) is 67.8 Å². The zero-order valence-electron chi connectivity index (χ0n) is 18.4. The molecule has 1 unspecified atom stereocenters. The van der Waals surface area contributed by atoms with E-state index < -0.39 is 0 Å². The third kappa shape index (κ3) is 4.30. The van der Waals surface area contributed by atoms with Crippen LogP contribution in [0.25, 0.3) is 10.9 Å². The lowest BCUT2D eigenvalue weighted by atomic mass is 10.1. The number of para-hydroxylation sites is 1. The number of carbonyl (C=O) groups excluding carboxylic acids is 1. The van der Waals surface area contributed by atoms with Crippen molar-refractivity contribution in [3.8, 4) is 0 Å². The number of nitrogens with zero attached hydrogens (tertiary/aromatic N) is 3. The highest BCUT2D eigenvalue weighted by Crippen LogP contribution is 2.26. The maximum atomic E-state index is 13.5. The van der Waals surface area contributed by atoms with E-state index >= 15 is 0 Å². The minimum atomic E-state index is -0.261. The van der Waals surface area contributed by atoms with Gasteiger partial charge >= 0.3 is 0 Å². The van der Waals surface area contributed by atoms with Gasteiger partial charge in [0.25, 0.3) is 11.5 Å². The van der Waals surface area contributed by atoms with E-state index in [0.29, 0.717) is 41.8 Å². The number of carbonyl (C=O) groups is 1. The van der Waals surface area contributed by atoms with E-state index in [1.807, 2.05) is 74.2 Å². The van der Waals surface area contributed by atoms with Crippen LogP contribution < -0.4 is 5.56 Å². The van der Waals surface area contributed by atoms with Crippen LogP contribution in [0.3, 0.4) is 0 Å². The van der Waals surface area contributed by atoms with Gasteiger partial charge in [-0.25, -0.2) is 4.98 Å². The van der Waals surface area contributed by atoms with E-state index in [1.54, 1.807) is 4.57 Å². The molecule has 0 radical (unpaired) electrons. The highest BCUT2D eigenvalue weighted by atomic mass is 16.2. The number of aromatic nitrogens is 2. The van der Waals surface area contributed by atoms with Crippen LogP contribution in [0.15, 0.2) is 53.3 Å². The normalized spacial score (nSPS) is 12.1. The fourth-order valence-electron chi connectivity index (χ4n) is 3.88. The van der Waals surface area contributed by atoms with Crippen LogP contribution in [0.5, 0.6) is 0 Å². The Morgan fingerprint density at radius 2 is 1.77 bits per heavy atom. The molecule has 1 aromatic heterocycles. The second-order valence-electron chi connectivity index (χ2n) is 7.68. The van der Waals surface area contributed by atoms with Crippen molar-refractivity contribution in [3.05, 3.63) is 75.8 Å². The van der Waals surface area contributed by atoms with Crippen molar-refractivity contribution in [3.63, 3.8) is 0 Å². The number of hydrogen-bond acceptors (Lipinski definition) is 3. The summed E-state index contributed by atoms with van der Waals surface area (Å²) in [5.74, 6) is 0.653. The number of fused-ring (bicyclic) bond motifs is 1. The number of hydrogen-bond donors (Lipinski definition) is 0. The Hall–Kier alpha value is -2.95. The zero-order valence-corrected chi connectivity index (χ0v) is 18.4. The number of rotatable bonds is 8. The number of unbranched alkanes of at least 4 members (excludes halogenated alkanes) is 1. The summed E-state index contributed by atoms with van der Waals surface area (Å²) in [6.07, 6.45) is 2.57. The molecule has 0 fully saturated rings. The molecule has 5 heteroatoms. The van der Waals surface area contributed by atoms with E-state index in [-0.39, 0.29) is 17.5 Å².